The minimum absolute atomic E-state index is 0.0205. The fraction of sp³-hybridized carbons (Fsp3) is 0.300. The maximum Gasteiger partial charge on any atom is 0.234 e. The van der Waals surface area contributed by atoms with Gasteiger partial charge < -0.3 is 10.2 Å². The van der Waals surface area contributed by atoms with E-state index in [1.165, 1.54) is 11.8 Å². The van der Waals surface area contributed by atoms with Crippen molar-refractivity contribution in [3.8, 4) is 0 Å². The van der Waals surface area contributed by atoms with E-state index in [-0.39, 0.29) is 35.2 Å². The highest BCUT2D eigenvalue weighted by molar-refractivity contribution is 8.14. The van der Waals surface area contributed by atoms with E-state index in [0.717, 1.165) is 11.3 Å². The summed E-state index contributed by atoms with van der Waals surface area (Å²) >= 11 is 13.5. The van der Waals surface area contributed by atoms with Crippen LogP contribution in [-0.2, 0) is 14.6 Å². The lowest BCUT2D eigenvalue weighted by molar-refractivity contribution is -0.113. The second-order valence-electron chi connectivity index (χ2n) is 7.22. The van der Waals surface area contributed by atoms with Gasteiger partial charge in [0.05, 0.1) is 29.3 Å². The molecule has 0 unspecified atom stereocenters. The van der Waals surface area contributed by atoms with Gasteiger partial charge in [0.2, 0.25) is 5.91 Å². The molecule has 0 aliphatic carbocycles. The lowest BCUT2D eigenvalue weighted by Crippen LogP contribution is -2.39. The normalized spacial score (nSPS) is 22.0. The Labute approximate surface area is 189 Å². The molecule has 6 nitrogen and oxygen atoms in total. The van der Waals surface area contributed by atoms with Gasteiger partial charge in [0.25, 0.3) is 0 Å². The first-order valence-electron chi connectivity index (χ1n) is 9.24. The zero-order valence-corrected chi connectivity index (χ0v) is 19.2. The number of hydrogen-bond acceptors (Lipinski definition) is 6. The summed E-state index contributed by atoms with van der Waals surface area (Å²) in [5.41, 5.74) is 2.23. The molecule has 0 saturated carbocycles. The molecule has 1 N–H and O–H groups in total. The number of anilines is 2. The van der Waals surface area contributed by atoms with Crippen LogP contribution < -0.4 is 10.2 Å². The lowest BCUT2D eigenvalue weighted by Gasteiger charge is -2.26. The predicted molar refractivity (Wildman–Crippen MR) is 125 cm³/mol. The van der Waals surface area contributed by atoms with Crippen molar-refractivity contribution in [3.63, 3.8) is 0 Å². The highest BCUT2D eigenvalue weighted by Gasteiger charge is 2.47. The lowest BCUT2D eigenvalue weighted by atomic mass is 10.1. The number of aliphatic imine (C=N–C) groups is 1. The summed E-state index contributed by atoms with van der Waals surface area (Å²) in [6, 6.07) is 11.9. The van der Waals surface area contributed by atoms with Gasteiger partial charge in [-0.15, -0.1) is 0 Å². The number of rotatable bonds is 4. The fourth-order valence-corrected chi connectivity index (χ4v) is 6.75. The van der Waals surface area contributed by atoms with Crippen LogP contribution in [0.25, 0.3) is 0 Å². The van der Waals surface area contributed by atoms with Gasteiger partial charge in [-0.25, -0.2) is 8.42 Å². The summed E-state index contributed by atoms with van der Waals surface area (Å²) in [7, 11) is -3.14. The first-order chi connectivity index (χ1) is 14.2. The van der Waals surface area contributed by atoms with E-state index in [4.69, 9.17) is 23.2 Å². The quantitative estimate of drug-likeness (QED) is 0.710. The average Bonchev–Trinajstić information content (AvgIpc) is 3.14. The van der Waals surface area contributed by atoms with Crippen molar-refractivity contribution in [2.45, 2.75) is 19.0 Å². The van der Waals surface area contributed by atoms with Crippen LogP contribution in [0, 0.1) is 6.92 Å². The second kappa shape index (κ2) is 8.42. The largest absolute Gasteiger partial charge is 0.325 e. The summed E-state index contributed by atoms with van der Waals surface area (Å²) in [4.78, 5) is 19.0. The Hall–Kier alpha value is -1.74. The number of benzene rings is 2. The SMILES string of the molecule is Cc1c(Cl)cccc1NC(=O)CSC1=N[C@@H]2CS(=O)(=O)C[C@@H]2N1c1cccc(Cl)c1. The van der Waals surface area contributed by atoms with E-state index in [9.17, 15) is 13.2 Å². The number of amidine groups is 1. The highest BCUT2D eigenvalue weighted by atomic mass is 35.5. The number of amides is 1. The Balaban J connectivity index is 1.51. The van der Waals surface area contributed by atoms with E-state index in [0.29, 0.717) is 20.9 Å². The number of carbonyl (C=O) groups is 1. The van der Waals surface area contributed by atoms with Crippen molar-refractivity contribution in [1.29, 1.82) is 0 Å². The van der Waals surface area contributed by atoms with Crippen LogP contribution in [0.1, 0.15) is 5.56 Å². The van der Waals surface area contributed by atoms with Crippen LogP contribution in [0.15, 0.2) is 47.5 Å². The summed E-state index contributed by atoms with van der Waals surface area (Å²) in [5.74, 6) is -0.00404. The molecule has 2 aromatic rings. The molecular formula is C20H19Cl2N3O3S2. The molecule has 4 rings (SSSR count). The van der Waals surface area contributed by atoms with Gasteiger partial charge in [0.1, 0.15) is 0 Å². The summed E-state index contributed by atoms with van der Waals surface area (Å²) < 4.78 is 24.2. The van der Waals surface area contributed by atoms with Gasteiger partial charge in [-0.3, -0.25) is 9.79 Å². The first-order valence-corrected chi connectivity index (χ1v) is 12.8. The van der Waals surface area contributed by atoms with E-state index in [1.54, 1.807) is 30.3 Å². The average molecular weight is 484 g/mol. The van der Waals surface area contributed by atoms with Gasteiger partial charge in [-0.05, 0) is 42.8 Å². The molecule has 0 aromatic heterocycles. The number of hydrogen-bond donors (Lipinski definition) is 1. The minimum atomic E-state index is -3.14. The Morgan fingerprint density at radius 2 is 2.00 bits per heavy atom. The Bertz CT molecular complexity index is 1140. The number of sulfone groups is 1. The third kappa shape index (κ3) is 4.46. The van der Waals surface area contributed by atoms with Crippen molar-refractivity contribution >= 4 is 67.3 Å². The molecule has 2 heterocycles. The van der Waals surface area contributed by atoms with Crippen molar-refractivity contribution in [2.75, 3.05) is 27.5 Å². The van der Waals surface area contributed by atoms with Gasteiger partial charge in [0, 0.05) is 21.4 Å². The molecule has 2 aromatic carbocycles. The van der Waals surface area contributed by atoms with Crippen LogP contribution in [0.4, 0.5) is 11.4 Å². The maximum atomic E-state index is 12.5. The molecular weight excluding hydrogens is 465 g/mol. The van der Waals surface area contributed by atoms with Crippen molar-refractivity contribution in [1.82, 2.24) is 0 Å². The molecule has 1 amide bonds. The Kier molecular flexibility index (Phi) is 6.03. The molecule has 30 heavy (non-hydrogen) atoms. The topological polar surface area (TPSA) is 78.8 Å². The van der Waals surface area contributed by atoms with E-state index >= 15 is 0 Å². The van der Waals surface area contributed by atoms with E-state index in [1.807, 2.05) is 24.0 Å². The third-order valence-electron chi connectivity index (χ3n) is 5.07. The predicted octanol–water partition coefficient (Wildman–Crippen LogP) is 4.02. The highest BCUT2D eigenvalue weighted by Crippen LogP contribution is 2.36. The standard InChI is InChI=1S/C20H19Cl2N3O3S2/c1-12-15(22)6-3-7-16(12)23-19(26)9-29-20-24-17-10-30(27,28)11-18(17)25(20)14-5-2-4-13(21)8-14/h2-8,17-18H,9-11H2,1H3,(H,23,26)/t17-,18+/m1/s1. The van der Waals surface area contributed by atoms with Gasteiger partial charge in [-0.1, -0.05) is 47.1 Å². The Morgan fingerprint density at radius 1 is 1.23 bits per heavy atom. The fourth-order valence-electron chi connectivity index (χ4n) is 3.62. The molecule has 158 valence electrons. The van der Waals surface area contributed by atoms with Crippen LogP contribution in [0.3, 0.4) is 0 Å². The molecule has 10 heteroatoms. The summed E-state index contributed by atoms with van der Waals surface area (Å²) in [5, 5.41) is 4.63. The molecule has 1 saturated heterocycles. The molecule has 0 radical (unpaired) electrons. The number of nitrogens with zero attached hydrogens (tertiary/aromatic N) is 2. The van der Waals surface area contributed by atoms with Crippen molar-refractivity contribution < 1.29 is 13.2 Å². The van der Waals surface area contributed by atoms with E-state index in [2.05, 4.69) is 10.3 Å². The first kappa shape index (κ1) is 21.5. The number of thioether (sulfide) groups is 1. The molecule has 0 bridgehead atoms. The second-order valence-corrected chi connectivity index (χ2v) is 11.2. The van der Waals surface area contributed by atoms with Crippen molar-refractivity contribution in [3.05, 3.63) is 58.1 Å². The summed E-state index contributed by atoms with van der Waals surface area (Å²) in [6.45, 7) is 1.84. The summed E-state index contributed by atoms with van der Waals surface area (Å²) in [6.07, 6.45) is 0. The zero-order chi connectivity index (χ0) is 21.5. The maximum absolute atomic E-state index is 12.5. The zero-order valence-electron chi connectivity index (χ0n) is 16.0. The van der Waals surface area contributed by atoms with E-state index < -0.39 is 9.84 Å². The van der Waals surface area contributed by atoms with Crippen molar-refractivity contribution in [2.24, 2.45) is 4.99 Å². The molecule has 2 aliphatic rings. The third-order valence-corrected chi connectivity index (χ3v) is 8.38. The molecule has 2 atom stereocenters. The minimum Gasteiger partial charge on any atom is -0.325 e. The number of carbonyl (C=O) groups excluding carboxylic acids is 1. The Morgan fingerprint density at radius 3 is 2.77 bits per heavy atom. The van der Waals surface area contributed by atoms with Gasteiger partial charge >= 0.3 is 0 Å². The number of fused-ring (bicyclic) bond motifs is 1. The molecule has 0 spiro atoms. The number of halogens is 2. The van der Waals surface area contributed by atoms with Gasteiger partial charge in [0.15, 0.2) is 15.0 Å². The van der Waals surface area contributed by atoms with Crippen LogP contribution in [0.5, 0.6) is 0 Å². The number of nitrogens with one attached hydrogen (secondary N) is 1. The monoisotopic (exact) mass is 483 g/mol. The van der Waals surface area contributed by atoms with Crippen LogP contribution in [-0.4, -0.2) is 48.8 Å². The van der Waals surface area contributed by atoms with Crippen LogP contribution >= 0.6 is 35.0 Å². The molecule has 1 fully saturated rings. The molecule has 2 aliphatic heterocycles. The van der Waals surface area contributed by atoms with Gasteiger partial charge in [-0.2, -0.15) is 0 Å². The van der Waals surface area contributed by atoms with Crippen LogP contribution in [0.2, 0.25) is 10.0 Å². The smallest absolute Gasteiger partial charge is 0.234 e.